The first-order valence-corrected chi connectivity index (χ1v) is 22.3. The second-order valence-electron chi connectivity index (χ2n) is 14.3. The van der Waals surface area contributed by atoms with Crippen LogP contribution >= 0.6 is 0 Å². The Labute approximate surface area is 304 Å². The Hall–Kier alpha value is -1.44. The highest BCUT2D eigenvalue weighted by atomic mass is 32.2. The number of hydrogen-bond donors (Lipinski definition) is 3. The van der Waals surface area contributed by atoms with Gasteiger partial charge >= 0.3 is 0 Å². The van der Waals surface area contributed by atoms with Gasteiger partial charge in [0, 0.05) is 6.42 Å². The molecule has 2 atom stereocenters. The van der Waals surface area contributed by atoms with E-state index in [2.05, 4.69) is 43.5 Å². The lowest BCUT2D eigenvalue weighted by Gasteiger charge is -2.21. The molecule has 0 aromatic rings. The van der Waals surface area contributed by atoms with Gasteiger partial charge in [0.2, 0.25) is 5.91 Å². The largest absolute Gasteiger partial charge is 0.387 e. The third kappa shape index (κ3) is 37.6. The average molecular weight is 710 g/mol. The first kappa shape index (κ1) is 47.6. The smallest absolute Gasteiger partial charge is 0.267 e. The Morgan fingerprint density at radius 1 is 0.531 bits per heavy atom. The van der Waals surface area contributed by atoms with Crippen LogP contribution in [0, 0.1) is 0 Å². The molecule has 7 heteroatoms. The molecule has 1 amide bonds. The first-order valence-electron chi connectivity index (χ1n) is 20.7. The molecule has 0 bridgehead atoms. The minimum absolute atomic E-state index is 0.286. The highest BCUT2D eigenvalue weighted by Crippen LogP contribution is 2.14. The van der Waals surface area contributed by atoms with Crippen LogP contribution in [-0.4, -0.2) is 41.9 Å². The van der Waals surface area contributed by atoms with Crippen molar-refractivity contribution in [2.45, 2.75) is 219 Å². The molecule has 2 unspecified atom stereocenters. The summed E-state index contributed by atoms with van der Waals surface area (Å²) in [5.41, 5.74) is 0. The lowest BCUT2D eigenvalue weighted by molar-refractivity contribution is -0.122. The second kappa shape index (κ2) is 36.4. The predicted molar refractivity (Wildman–Crippen MR) is 212 cm³/mol. The van der Waals surface area contributed by atoms with Gasteiger partial charge in [0.05, 0.1) is 17.9 Å². The van der Waals surface area contributed by atoms with Gasteiger partial charge in [-0.2, -0.15) is 8.42 Å². The monoisotopic (exact) mass is 710 g/mol. The van der Waals surface area contributed by atoms with Gasteiger partial charge in [0.25, 0.3) is 10.1 Å². The normalized spacial score (nSPS) is 13.6. The first-order chi connectivity index (χ1) is 23.8. The lowest BCUT2D eigenvalue weighted by atomic mass is 10.0. The number of carbonyl (C=O) groups is 1. The van der Waals surface area contributed by atoms with Gasteiger partial charge in [-0.25, -0.2) is 0 Å². The third-order valence-corrected chi connectivity index (χ3v) is 10.1. The van der Waals surface area contributed by atoms with E-state index in [0.29, 0.717) is 6.42 Å². The molecule has 288 valence electrons. The zero-order valence-corrected chi connectivity index (χ0v) is 32.9. The minimum Gasteiger partial charge on any atom is -0.387 e. The lowest BCUT2D eigenvalue weighted by Crippen LogP contribution is -2.46. The Bertz CT molecular complexity index is 914. The molecule has 0 aliphatic heterocycles. The van der Waals surface area contributed by atoms with Crippen molar-refractivity contribution in [2.24, 2.45) is 0 Å². The van der Waals surface area contributed by atoms with Crippen LogP contribution in [-0.2, 0) is 14.9 Å². The SMILES string of the molecule is CCCCCCCCC/C=C/CC/C=C/C(O)C(CS(=O)(=O)O)NC(=O)CCCCCCCCCCC/C=C\CCCCCCCCCC. The van der Waals surface area contributed by atoms with Crippen LogP contribution < -0.4 is 5.32 Å². The van der Waals surface area contributed by atoms with E-state index in [4.69, 9.17) is 0 Å². The summed E-state index contributed by atoms with van der Waals surface area (Å²) in [6, 6.07) is -1.07. The van der Waals surface area contributed by atoms with Crippen molar-refractivity contribution in [1.29, 1.82) is 0 Å². The topological polar surface area (TPSA) is 104 Å². The molecule has 0 spiro atoms. The van der Waals surface area contributed by atoms with Gasteiger partial charge in [-0.1, -0.05) is 179 Å². The molecule has 49 heavy (non-hydrogen) atoms. The number of unbranched alkanes of at least 4 members (excludes halogenated alkanes) is 25. The number of carbonyl (C=O) groups excluding carboxylic acids is 1. The number of amides is 1. The second-order valence-corrected chi connectivity index (χ2v) is 15.8. The maximum atomic E-state index is 12.5. The van der Waals surface area contributed by atoms with E-state index in [1.54, 1.807) is 0 Å². The fourth-order valence-corrected chi connectivity index (χ4v) is 6.90. The van der Waals surface area contributed by atoms with Crippen LogP contribution in [0.15, 0.2) is 36.5 Å². The van der Waals surface area contributed by atoms with E-state index in [9.17, 15) is 22.9 Å². The van der Waals surface area contributed by atoms with Crippen LogP contribution in [0.2, 0.25) is 0 Å². The van der Waals surface area contributed by atoms with Crippen molar-refractivity contribution in [3.05, 3.63) is 36.5 Å². The summed E-state index contributed by atoms with van der Waals surface area (Å²) in [7, 11) is -4.35. The fourth-order valence-electron chi connectivity index (χ4n) is 6.17. The average Bonchev–Trinajstić information content (AvgIpc) is 3.06. The van der Waals surface area contributed by atoms with Crippen molar-refractivity contribution in [1.82, 2.24) is 5.32 Å². The number of aliphatic hydroxyl groups is 1. The van der Waals surface area contributed by atoms with Crippen molar-refractivity contribution in [3.63, 3.8) is 0 Å². The molecule has 0 aliphatic carbocycles. The Kier molecular flexibility index (Phi) is 35.3. The molecular weight excluding hydrogens is 631 g/mol. The highest BCUT2D eigenvalue weighted by molar-refractivity contribution is 7.85. The van der Waals surface area contributed by atoms with Crippen LogP contribution in [0.1, 0.15) is 206 Å². The van der Waals surface area contributed by atoms with Crippen molar-refractivity contribution in [3.8, 4) is 0 Å². The zero-order valence-electron chi connectivity index (χ0n) is 32.1. The highest BCUT2D eigenvalue weighted by Gasteiger charge is 2.24. The van der Waals surface area contributed by atoms with Crippen molar-refractivity contribution < 1.29 is 22.9 Å². The quantitative estimate of drug-likeness (QED) is 0.0338. The molecule has 3 N–H and O–H groups in total. The van der Waals surface area contributed by atoms with Crippen LogP contribution in [0.5, 0.6) is 0 Å². The minimum atomic E-state index is -4.35. The number of nitrogens with one attached hydrogen (secondary N) is 1. The molecule has 0 aliphatic rings. The summed E-state index contributed by atoms with van der Waals surface area (Å²) in [5.74, 6) is -1.00. The number of rotatable bonds is 37. The Morgan fingerprint density at radius 3 is 1.29 bits per heavy atom. The molecule has 0 radical (unpaired) electrons. The third-order valence-electron chi connectivity index (χ3n) is 9.29. The number of allylic oxidation sites excluding steroid dienone is 5. The van der Waals surface area contributed by atoms with E-state index >= 15 is 0 Å². The molecule has 0 aromatic heterocycles. The summed E-state index contributed by atoms with van der Waals surface area (Å²) < 4.78 is 32.4. The van der Waals surface area contributed by atoms with Crippen molar-refractivity contribution >= 4 is 16.0 Å². The Balaban J connectivity index is 3.90. The molecule has 0 heterocycles. The molecule has 0 rings (SSSR count). The molecule has 0 fully saturated rings. The van der Waals surface area contributed by atoms with Crippen molar-refractivity contribution in [2.75, 3.05) is 5.75 Å². The van der Waals surface area contributed by atoms with E-state index in [1.807, 2.05) is 6.08 Å². The van der Waals surface area contributed by atoms with Gasteiger partial charge < -0.3 is 10.4 Å². The van der Waals surface area contributed by atoms with Gasteiger partial charge in [0.1, 0.15) is 0 Å². The van der Waals surface area contributed by atoms with E-state index < -0.39 is 28.0 Å². The predicted octanol–water partition coefficient (Wildman–Crippen LogP) is 12.1. The van der Waals surface area contributed by atoms with Gasteiger partial charge in [0.15, 0.2) is 0 Å². The zero-order chi connectivity index (χ0) is 36.1. The van der Waals surface area contributed by atoms with E-state index in [1.165, 1.54) is 154 Å². The molecular formula is C42H79NO5S. The number of aliphatic hydroxyl groups excluding tert-OH is 1. The summed E-state index contributed by atoms with van der Waals surface area (Å²) in [5, 5.41) is 13.2. The maximum Gasteiger partial charge on any atom is 0.267 e. The Morgan fingerprint density at radius 2 is 0.878 bits per heavy atom. The molecule has 6 nitrogen and oxygen atoms in total. The summed E-state index contributed by atoms with van der Waals surface area (Å²) in [6.07, 6.45) is 47.1. The molecule has 0 saturated carbocycles. The standard InChI is InChI=1S/C42H79NO5S/c1-3-5-7-9-11-13-15-17-18-19-20-21-22-23-24-26-28-30-32-34-36-38-42(45)43-40(39-49(46,47)48)41(44)37-35-33-31-29-27-25-16-14-12-10-8-6-4-2/h19-20,27,29,35,37,40-41,44H,3-18,21-26,28,30-34,36,38-39H2,1-2H3,(H,43,45)(H,46,47,48)/b20-19-,29-27+,37-35+. The van der Waals surface area contributed by atoms with Crippen LogP contribution in [0.4, 0.5) is 0 Å². The molecule has 0 aromatic carbocycles. The summed E-state index contributed by atoms with van der Waals surface area (Å²) in [4.78, 5) is 12.5. The van der Waals surface area contributed by atoms with Crippen LogP contribution in [0.25, 0.3) is 0 Å². The fraction of sp³-hybridized carbons (Fsp3) is 0.833. The van der Waals surface area contributed by atoms with E-state index in [0.717, 1.165) is 32.1 Å². The van der Waals surface area contributed by atoms with E-state index in [-0.39, 0.29) is 12.3 Å². The summed E-state index contributed by atoms with van der Waals surface area (Å²) in [6.45, 7) is 4.51. The number of hydrogen-bond acceptors (Lipinski definition) is 4. The summed E-state index contributed by atoms with van der Waals surface area (Å²) >= 11 is 0. The van der Waals surface area contributed by atoms with Gasteiger partial charge in [-0.3, -0.25) is 9.35 Å². The van der Waals surface area contributed by atoms with Gasteiger partial charge in [-0.15, -0.1) is 0 Å². The maximum absolute atomic E-state index is 12.5. The van der Waals surface area contributed by atoms with Crippen LogP contribution in [0.3, 0.4) is 0 Å². The van der Waals surface area contributed by atoms with Gasteiger partial charge in [-0.05, 0) is 57.8 Å². The molecule has 0 saturated heterocycles.